The van der Waals surface area contributed by atoms with E-state index >= 15 is 0 Å². The zero-order chi connectivity index (χ0) is 13.0. The van der Waals surface area contributed by atoms with Crippen LogP contribution in [0, 0.1) is 0 Å². The smallest absolute Gasteiger partial charge is 0.261 e. The molecule has 2 aliphatic heterocycles. The number of hydrogen-bond acceptors (Lipinski definition) is 5. The van der Waals surface area contributed by atoms with Crippen molar-refractivity contribution in [2.75, 3.05) is 52.6 Å². The number of amides is 2. The predicted molar refractivity (Wildman–Crippen MR) is 60.8 cm³/mol. The first-order chi connectivity index (χ1) is 8.70. The van der Waals surface area contributed by atoms with Crippen molar-refractivity contribution in [3.8, 4) is 0 Å². The zero-order valence-corrected chi connectivity index (χ0v) is 10.2. The van der Waals surface area contributed by atoms with Crippen LogP contribution in [0.2, 0.25) is 0 Å². The maximum absolute atomic E-state index is 11.9. The Hall–Kier alpha value is -1.18. The van der Waals surface area contributed by atoms with E-state index in [0.717, 1.165) is 0 Å². The second kappa shape index (κ2) is 6.12. The van der Waals surface area contributed by atoms with Gasteiger partial charge >= 0.3 is 0 Å². The Labute approximate surface area is 105 Å². The van der Waals surface area contributed by atoms with E-state index in [1.54, 1.807) is 0 Å². The third-order valence-electron chi connectivity index (χ3n) is 3.11. The molecule has 18 heavy (non-hydrogen) atoms. The van der Waals surface area contributed by atoms with Crippen LogP contribution >= 0.6 is 0 Å². The molecular formula is C11H18N2O5. The van der Waals surface area contributed by atoms with E-state index in [1.165, 1.54) is 9.80 Å². The largest absolute Gasteiger partial charge is 0.378 e. The van der Waals surface area contributed by atoms with Gasteiger partial charge in [-0.3, -0.25) is 9.59 Å². The fourth-order valence-corrected chi connectivity index (χ4v) is 2.02. The number of rotatable bonds is 2. The molecule has 2 aliphatic rings. The predicted octanol–water partition coefficient (Wildman–Crippen LogP) is -1.94. The minimum atomic E-state index is -1.60. The van der Waals surface area contributed by atoms with Crippen molar-refractivity contribution < 1.29 is 24.2 Å². The van der Waals surface area contributed by atoms with Gasteiger partial charge in [-0.2, -0.15) is 0 Å². The number of nitrogens with zero attached hydrogens (tertiary/aromatic N) is 2. The van der Waals surface area contributed by atoms with Crippen LogP contribution in [0.4, 0.5) is 0 Å². The SMILES string of the molecule is O=C(C(O)C(=O)N1CCOCC1)N1CCOCC1. The van der Waals surface area contributed by atoms with E-state index in [9.17, 15) is 14.7 Å². The summed E-state index contributed by atoms with van der Waals surface area (Å²) in [5.74, 6) is -1.07. The molecule has 2 fully saturated rings. The highest BCUT2D eigenvalue weighted by atomic mass is 16.5. The maximum Gasteiger partial charge on any atom is 0.261 e. The summed E-state index contributed by atoms with van der Waals surface area (Å²) in [5, 5.41) is 9.83. The van der Waals surface area contributed by atoms with E-state index < -0.39 is 17.9 Å². The molecule has 7 heteroatoms. The Morgan fingerprint density at radius 1 is 0.833 bits per heavy atom. The lowest BCUT2D eigenvalue weighted by atomic mass is 10.2. The molecule has 102 valence electrons. The summed E-state index contributed by atoms with van der Waals surface area (Å²) in [6.07, 6.45) is -1.60. The van der Waals surface area contributed by atoms with Crippen LogP contribution in [-0.2, 0) is 19.1 Å². The molecule has 0 atom stereocenters. The average Bonchev–Trinajstić information content (AvgIpc) is 2.47. The first-order valence-corrected chi connectivity index (χ1v) is 6.11. The van der Waals surface area contributed by atoms with Crippen LogP contribution in [0.5, 0.6) is 0 Å². The van der Waals surface area contributed by atoms with Gasteiger partial charge in [-0.15, -0.1) is 0 Å². The highest BCUT2D eigenvalue weighted by Crippen LogP contribution is 2.06. The van der Waals surface area contributed by atoms with E-state index in [0.29, 0.717) is 52.6 Å². The fraction of sp³-hybridized carbons (Fsp3) is 0.818. The molecule has 0 aromatic heterocycles. The Morgan fingerprint density at radius 2 is 1.17 bits per heavy atom. The highest BCUT2D eigenvalue weighted by molar-refractivity contribution is 6.03. The normalized spacial score (nSPS) is 21.2. The van der Waals surface area contributed by atoms with Gasteiger partial charge < -0.3 is 24.4 Å². The van der Waals surface area contributed by atoms with Gasteiger partial charge in [0.15, 0.2) is 0 Å². The van der Waals surface area contributed by atoms with Crippen LogP contribution in [0.1, 0.15) is 0 Å². The van der Waals surface area contributed by atoms with Crippen LogP contribution in [0.25, 0.3) is 0 Å². The van der Waals surface area contributed by atoms with E-state index in [2.05, 4.69) is 0 Å². The summed E-state index contributed by atoms with van der Waals surface area (Å²) >= 11 is 0. The maximum atomic E-state index is 11.9. The van der Waals surface area contributed by atoms with E-state index in [-0.39, 0.29) is 0 Å². The lowest BCUT2D eigenvalue weighted by Gasteiger charge is -2.32. The molecule has 2 saturated heterocycles. The topological polar surface area (TPSA) is 79.3 Å². The quantitative estimate of drug-likeness (QED) is 0.583. The molecule has 0 spiro atoms. The van der Waals surface area contributed by atoms with Gasteiger partial charge in [-0.25, -0.2) is 0 Å². The van der Waals surface area contributed by atoms with Gasteiger partial charge in [0.1, 0.15) is 0 Å². The summed E-state index contributed by atoms with van der Waals surface area (Å²) in [6, 6.07) is 0. The van der Waals surface area contributed by atoms with Crippen LogP contribution < -0.4 is 0 Å². The van der Waals surface area contributed by atoms with Crippen molar-refractivity contribution in [1.29, 1.82) is 0 Å². The van der Waals surface area contributed by atoms with Gasteiger partial charge in [0.2, 0.25) is 6.10 Å². The fourth-order valence-electron chi connectivity index (χ4n) is 2.02. The van der Waals surface area contributed by atoms with Crippen molar-refractivity contribution in [3.63, 3.8) is 0 Å². The number of hydrogen-bond donors (Lipinski definition) is 1. The van der Waals surface area contributed by atoms with Gasteiger partial charge in [-0.05, 0) is 0 Å². The van der Waals surface area contributed by atoms with Crippen molar-refractivity contribution in [2.45, 2.75) is 6.10 Å². The lowest BCUT2D eigenvalue weighted by Crippen LogP contribution is -2.53. The minimum absolute atomic E-state index is 0.423. The standard InChI is InChI=1S/C11H18N2O5/c14-9(10(15)12-1-5-17-6-2-12)11(16)13-3-7-18-8-4-13/h9,14H,1-8H2. The number of carbonyl (C=O) groups is 2. The van der Waals surface area contributed by atoms with Crippen LogP contribution in [0.3, 0.4) is 0 Å². The number of morpholine rings is 2. The first kappa shape index (κ1) is 13.3. The molecule has 0 aromatic rings. The summed E-state index contributed by atoms with van der Waals surface area (Å²) in [4.78, 5) is 26.8. The second-order valence-electron chi connectivity index (χ2n) is 4.28. The van der Waals surface area contributed by atoms with Gasteiger partial charge in [0, 0.05) is 26.2 Å². The zero-order valence-electron chi connectivity index (χ0n) is 10.2. The molecule has 7 nitrogen and oxygen atoms in total. The van der Waals surface area contributed by atoms with Gasteiger partial charge in [0.25, 0.3) is 11.8 Å². The summed E-state index contributed by atoms with van der Waals surface area (Å²) in [7, 11) is 0. The molecule has 0 unspecified atom stereocenters. The Balaban J connectivity index is 1.90. The molecular weight excluding hydrogens is 240 g/mol. The average molecular weight is 258 g/mol. The minimum Gasteiger partial charge on any atom is -0.378 e. The summed E-state index contributed by atoms with van der Waals surface area (Å²) in [5.41, 5.74) is 0. The first-order valence-electron chi connectivity index (χ1n) is 6.11. The summed E-state index contributed by atoms with van der Waals surface area (Å²) < 4.78 is 10.2. The lowest BCUT2D eigenvalue weighted by molar-refractivity contribution is -0.158. The molecule has 2 amide bonds. The highest BCUT2D eigenvalue weighted by Gasteiger charge is 2.33. The molecule has 0 saturated carbocycles. The Kier molecular flexibility index (Phi) is 4.51. The van der Waals surface area contributed by atoms with Gasteiger partial charge in [-0.1, -0.05) is 0 Å². The van der Waals surface area contributed by atoms with Crippen molar-refractivity contribution in [3.05, 3.63) is 0 Å². The van der Waals surface area contributed by atoms with Crippen molar-refractivity contribution >= 4 is 11.8 Å². The van der Waals surface area contributed by atoms with Gasteiger partial charge in [0.05, 0.1) is 26.4 Å². The number of aliphatic hydroxyl groups excluding tert-OH is 1. The van der Waals surface area contributed by atoms with Crippen LogP contribution in [-0.4, -0.2) is 85.4 Å². The summed E-state index contributed by atoms with van der Waals surface area (Å²) in [6.45, 7) is 3.49. The number of aliphatic hydroxyl groups is 1. The van der Waals surface area contributed by atoms with E-state index in [4.69, 9.17) is 9.47 Å². The van der Waals surface area contributed by atoms with Crippen molar-refractivity contribution in [2.24, 2.45) is 0 Å². The Morgan fingerprint density at radius 3 is 1.50 bits per heavy atom. The molecule has 0 aromatic carbocycles. The second-order valence-corrected chi connectivity index (χ2v) is 4.28. The van der Waals surface area contributed by atoms with Crippen molar-refractivity contribution in [1.82, 2.24) is 9.80 Å². The third kappa shape index (κ3) is 2.98. The number of carbonyl (C=O) groups excluding carboxylic acids is 2. The third-order valence-corrected chi connectivity index (χ3v) is 3.11. The monoisotopic (exact) mass is 258 g/mol. The molecule has 0 bridgehead atoms. The Bertz CT molecular complexity index is 281. The molecule has 0 aliphatic carbocycles. The van der Waals surface area contributed by atoms with Crippen LogP contribution in [0.15, 0.2) is 0 Å². The molecule has 1 N–H and O–H groups in total. The molecule has 2 rings (SSSR count). The number of ether oxygens (including phenoxy) is 2. The molecule has 2 heterocycles. The van der Waals surface area contributed by atoms with E-state index in [1.807, 2.05) is 0 Å². The molecule has 0 radical (unpaired) electrons.